The van der Waals surface area contributed by atoms with Gasteiger partial charge in [-0.2, -0.15) is 5.10 Å². The van der Waals surface area contributed by atoms with Gasteiger partial charge >= 0.3 is 5.97 Å². The van der Waals surface area contributed by atoms with E-state index in [1.807, 2.05) is 48.9 Å². The molecule has 0 radical (unpaired) electrons. The van der Waals surface area contributed by atoms with E-state index in [1.165, 1.54) is 12.1 Å². The maximum atomic E-state index is 13.8. The summed E-state index contributed by atoms with van der Waals surface area (Å²) >= 11 is 0. The zero-order valence-electron chi connectivity index (χ0n) is 16.3. The van der Waals surface area contributed by atoms with Gasteiger partial charge in [0, 0.05) is 22.4 Å². The first kappa shape index (κ1) is 19.1. The molecule has 0 saturated heterocycles. The largest absolute Gasteiger partial charge is 0.467 e. The molecule has 0 bridgehead atoms. The number of halogens is 1. The lowest BCUT2D eigenvalue weighted by molar-refractivity contribution is -0.144. The van der Waals surface area contributed by atoms with Crippen LogP contribution < -0.4 is 4.74 Å². The summed E-state index contributed by atoms with van der Waals surface area (Å²) in [6, 6.07) is 12.4. The van der Waals surface area contributed by atoms with E-state index in [9.17, 15) is 9.18 Å². The van der Waals surface area contributed by atoms with Gasteiger partial charge in [-0.25, -0.2) is 9.07 Å². The molecule has 0 spiro atoms. The Morgan fingerprint density at radius 2 is 2.03 bits per heavy atom. The summed E-state index contributed by atoms with van der Waals surface area (Å²) in [6.45, 7) is 4.09. The van der Waals surface area contributed by atoms with Crippen molar-refractivity contribution in [1.82, 2.24) is 9.78 Å². The van der Waals surface area contributed by atoms with Gasteiger partial charge in [-0.15, -0.1) is 0 Å². The Morgan fingerprint density at radius 3 is 2.83 bits per heavy atom. The van der Waals surface area contributed by atoms with E-state index in [1.54, 1.807) is 0 Å². The molecule has 1 aliphatic rings. The van der Waals surface area contributed by atoms with Gasteiger partial charge in [0.15, 0.2) is 6.79 Å². The molecule has 0 aliphatic carbocycles. The highest BCUT2D eigenvalue weighted by atomic mass is 19.1. The molecule has 0 fully saturated rings. The predicted molar refractivity (Wildman–Crippen MR) is 103 cm³/mol. The maximum absolute atomic E-state index is 13.8. The molecule has 1 aliphatic heterocycles. The second kappa shape index (κ2) is 8.05. The van der Waals surface area contributed by atoms with Crippen molar-refractivity contribution in [2.45, 2.75) is 33.5 Å². The average Bonchev–Trinajstić information content (AvgIpc) is 3.00. The fraction of sp³-hybridized carbons (Fsp3) is 0.273. The van der Waals surface area contributed by atoms with Crippen molar-refractivity contribution in [1.29, 1.82) is 0 Å². The van der Waals surface area contributed by atoms with Gasteiger partial charge in [0.1, 0.15) is 18.2 Å². The number of aromatic nitrogens is 2. The SMILES string of the molecule is Cc1nn(-c2ccccc2)c(C)c1CC(=O)OCc1cc(F)cc2c1OCOC2. The Kier molecular flexibility index (Phi) is 5.31. The molecule has 6 nitrogen and oxygen atoms in total. The molecular formula is C22H21FN2O4. The quantitative estimate of drug-likeness (QED) is 0.614. The minimum atomic E-state index is -0.417. The predicted octanol–water partition coefficient (Wildman–Crippen LogP) is 3.78. The summed E-state index contributed by atoms with van der Waals surface area (Å²) in [5.41, 5.74) is 4.51. The van der Waals surface area contributed by atoms with Gasteiger partial charge in [0.25, 0.3) is 0 Å². The van der Waals surface area contributed by atoms with Gasteiger partial charge in [-0.05, 0) is 38.1 Å². The molecular weight excluding hydrogens is 375 g/mol. The van der Waals surface area contributed by atoms with E-state index in [2.05, 4.69) is 5.10 Å². The van der Waals surface area contributed by atoms with Crippen molar-refractivity contribution < 1.29 is 23.4 Å². The standard InChI is InChI=1S/C22H21FN2O4/c1-14-20(15(2)25(24-14)19-6-4-3-5-7-19)10-21(26)28-12-17-9-18(23)8-16-11-27-13-29-22(16)17/h3-9H,10-13H2,1-2H3. The molecule has 0 saturated carbocycles. The van der Waals surface area contributed by atoms with Crippen LogP contribution in [-0.4, -0.2) is 22.5 Å². The lowest BCUT2D eigenvalue weighted by Crippen LogP contribution is -2.15. The lowest BCUT2D eigenvalue weighted by Gasteiger charge is -2.20. The Bertz CT molecular complexity index is 1050. The van der Waals surface area contributed by atoms with Crippen molar-refractivity contribution in [3.8, 4) is 11.4 Å². The summed E-state index contributed by atoms with van der Waals surface area (Å²) in [7, 11) is 0. The van der Waals surface area contributed by atoms with E-state index in [0.29, 0.717) is 16.9 Å². The van der Waals surface area contributed by atoms with Gasteiger partial charge < -0.3 is 14.2 Å². The highest BCUT2D eigenvalue weighted by Gasteiger charge is 2.20. The molecule has 3 aromatic rings. The molecule has 0 unspecified atom stereocenters. The minimum absolute atomic E-state index is 0.0656. The van der Waals surface area contributed by atoms with Gasteiger partial charge in [0.05, 0.1) is 24.4 Å². The molecule has 4 rings (SSSR count). The topological polar surface area (TPSA) is 62.6 Å². The van der Waals surface area contributed by atoms with Gasteiger partial charge in [-0.1, -0.05) is 18.2 Å². The molecule has 7 heteroatoms. The maximum Gasteiger partial charge on any atom is 0.310 e. The number of carbonyl (C=O) groups excluding carboxylic acids is 1. The summed E-state index contributed by atoms with van der Waals surface area (Å²) < 4.78 is 31.7. The van der Waals surface area contributed by atoms with E-state index in [-0.39, 0.29) is 26.4 Å². The third kappa shape index (κ3) is 4.00. The summed E-state index contributed by atoms with van der Waals surface area (Å²) in [6.07, 6.45) is 0.0893. The molecule has 29 heavy (non-hydrogen) atoms. The average molecular weight is 396 g/mol. The first-order valence-corrected chi connectivity index (χ1v) is 9.31. The molecule has 0 atom stereocenters. The number of benzene rings is 2. The Hall–Kier alpha value is -3.19. The molecule has 0 N–H and O–H groups in total. The number of ether oxygens (including phenoxy) is 3. The number of esters is 1. The van der Waals surface area contributed by atoms with Crippen LogP contribution in [0.25, 0.3) is 5.69 Å². The zero-order chi connectivity index (χ0) is 20.4. The van der Waals surface area contributed by atoms with E-state index >= 15 is 0 Å². The van der Waals surface area contributed by atoms with E-state index in [4.69, 9.17) is 14.2 Å². The van der Waals surface area contributed by atoms with Crippen molar-refractivity contribution >= 4 is 5.97 Å². The Morgan fingerprint density at radius 1 is 1.24 bits per heavy atom. The third-order valence-corrected chi connectivity index (χ3v) is 4.90. The number of para-hydroxylation sites is 1. The second-order valence-corrected chi connectivity index (χ2v) is 6.90. The van der Waals surface area contributed by atoms with Crippen LogP contribution in [0.1, 0.15) is 28.1 Å². The number of nitrogens with zero attached hydrogens (tertiary/aromatic N) is 2. The van der Waals surface area contributed by atoms with Gasteiger partial charge in [-0.3, -0.25) is 4.79 Å². The van der Waals surface area contributed by atoms with Crippen LogP contribution in [0.5, 0.6) is 5.75 Å². The number of rotatable bonds is 5. The first-order valence-electron chi connectivity index (χ1n) is 9.31. The summed E-state index contributed by atoms with van der Waals surface area (Å²) in [4.78, 5) is 12.5. The van der Waals surface area contributed by atoms with E-state index in [0.717, 1.165) is 22.6 Å². The molecule has 0 amide bonds. The van der Waals surface area contributed by atoms with Crippen molar-refractivity contribution in [2.24, 2.45) is 0 Å². The van der Waals surface area contributed by atoms with Crippen LogP contribution in [0.4, 0.5) is 4.39 Å². The third-order valence-electron chi connectivity index (χ3n) is 4.90. The number of hydrogen-bond acceptors (Lipinski definition) is 5. The monoisotopic (exact) mass is 396 g/mol. The Balaban J connectivity index is 1.48. The van der Waals surface area contributed by atoms with Crippen LogP contribution in [-0.2, 0) is 33.9 Å². The lowest BCUT2D eigenvalue weighted by atomic mass is 10.1. The normalized spacial score (nSPS) is 12.9. The minimum Gasteiger partial charge on any atom is -0.467 e. The second-order valence-electron chi connectivity index (χ2n) is 6.90. The van der Waals surface area contributed by atoms with E-state index < -0.39 is 11.8 Å². The smallest absolute Gasteiger partial charge is 0.310 e. The van der Waals surface area contributed by atoms with Gasteiger partial charge in [0.2, 0.25) is 0 Å². The fourth-order valence-corrected chi connectivity index (χ4v) is 3.47. The Labute approximate surface area is 167 Å². The van der Waals surface area contributed by atoms with Crippen molar-refractivity contribution in [2.75, 3.05) is 6.79 Å². The highest BCUT2D eigenvalue weighted by Crippen LogP contribution is 2.30. The van der Waals surface area contributed by atoms with Crippen LogP contribution in [0, 0.1) is 19.7 Å². The van der Waals surface area contributed by atoms with Crippen LogP contribution in [0.2, 0.25) is 0 Å². The molecule has 1 aromatic heterocycles. The van der Waals surface area contributed by atoms with Crippen LogP contribution >= 0.6 is 0 Å². The highest BCUT2D eigenvalue weighted by molar-refractivity contribution is 5.73. The number of hydrogen-bond donors (Lipinski definition) is 0. The number of aryl methyl sites for hydroxylation is 1. The molecule has 2 heterocycles. The number of fused-ring (bicyclic) bond motifs is 1. The fourth-order valence-electron chi connectivity index (χ4n) is 3.47. The molecule has 150 valence electrons. The van der Waals surface area contributed by atoms with Crippen LogP contribution in [0.3, 0.4) is 0 Å². The first-order chi connectivity index (χ1) is 14.0. The molecule has 2 aromatic carbocycles. The number of carbonyl (C=O) groups is 1. The van der Waals surface area contributed by atoms with Crippen molar-refractivity contribution in [3.63, 3.8) is 0 Å². The van der Waals surface area contributed by atoms with Crippen molar-refractivity contribution in [3.05, 3.63) is 76.4 Å². The van der Waals surface area contributed by atoms with Crippen LogP contribution in [0.15, 0.2) is 42.5 Å². The summed E-state index contributed by atoms with van der Waals surface area (Å²) in [5.74, 6) is -0.302. The summed E-state index contributed by atoms with van der Waals surface area (Å²) in [5, 5.41) is 4.55. The zero-order valence-corrected chi connectivity index (χ0v) is 16.3.